The molecule has 0 spiro atoms. The molecule has 0 aliphatic rings. The van der Waals surface area contributed by atoms with Crippen molar-refractivity contribution in [2.75, 3.05) is 0 Å². The zero-order valence-electron chi connectivity index (χ0n) is 7.45. The number of hydrogen-bond acceptors (Lipinski definition) is 2. The average Bonchev–Trinajstić information content (AvgIpc) is 2.62. The van der Waals surface area contributed by atoms with E-state index < -0.39 is 0 Å². The minimum atomic E-state index is 0.324. The van der Waals surface area contributed by atoms with E-state index in [2.05, 4.69) is 11.1 Å². The third-order valence-electron chi connectivity index (χ3n) is 2.22. The Morgan fingerprint density at radius 1 is 1.50 bits per heavy atom. The first kappa shape index (κ1) is 8.52. The largest absolute Gasteiger partial charge is 0.361 e. The molecular weight excluding hydrogens is 176 g/mol. The molecule has 1 heterocycles. The van der Waals surface area contributed by atoms with Crippen LogP contribution in [0.3, 0.4) is 0 Å². The van der Waals surface area contributed by atoms with Gasteiger partial charge in [-0.3, -0.25) is 4.79 Å². The number of carbonyl (C=O) groups excluding carboxylic acids is 1. The van der Waals surface area contributed by atoms with Gasteiger partial charge in [0.2, 0.25) is 0 Å². The van der Waals surface area contributed by atoms with Crippen LogP contribution in [0.25, 0.3) is 10.9 Å². The van der Waals surface area contributed by atoms with Crippen molar-refractivity contribution < 1.29 is 4.79 Å². The molecule has 0 saturated carbocycles. The summed E-state index contributed by atoms with van der Waals surface area (Å²) in [6, 6.07) is 7.54. The lowest BCUT2D eigenvalue weighted by Crippen LogP contribution is -1.84. The average molecular weight is 184 g/mol. The van der Waals surface area contributed by atoms with Gasteiger partial charge in [0.1, 0.15) is 0 Å². The lowest BCUT2D eigenvalue weighted by molar-refractivity contribution is 0.112. The molecular formula is C11H8N2O. The van der Waals surface area contributed by atoms with Crippen molar-refractivity contribution in [1.82, 2.24) is 4.98 Å². The number of nitrogens with zero attached hydrogens (tertiary/aromatic N) is 1. The van der Waals surface area contributed by atoms with Gasteiger partial charge in [-0.25, -0.2) is 0 Å². The topological polar surface area (TPSA) is 56.6 Å². The van der Waals surface area contributed by atoms with Crippen molar-refractivity contribution in [2.24, 2.45) is 0 Å². The maximum Gasteiger partial charge on any atom is 0.150 e. The summed E-state index contributed by atoms with van der Waals surface area (Å²) < 4.78 is 0. The fourth-order valence-corrected chi connectivity index (χ4v) is 1.61. The number of rotatable bonds is 2. The minimum Gasteiger partial charge on any atom is -0.361 e. The summed E-state index contributed by atoms with van der Waals surface area (Å²) in [4.78, 5) is 13.8. The van der Waals surface area contributed by atoms with Crippen LogP contribution in [0.4, 0.5) is 0 Å². The summed E-state index contributed by atoms with van der Waals surface area (Å²) in [6.07, 6.45) is 2.92. The molecule has 14 heavy (non-hydrogen) atoms. The summed E-state index contributed by atoms with van der Waals surface area (Å²) in [5, 5.41) is 9.47. The molecule has 0 unspecified atom stereocenters. The number of H-pyrrole nitrogens is 1. The molecule has 0 aliphatic heterocycles. The van der Waals surface area contributed by atoms with Crippen molar-refractivity contribution in [3.63, 3.8) is 0 Å². The van der Waals surface area contributed by atoms with Gasteiger partial charge in [-0.1, -0.05) is 12.1 Å². The number of carbonyl (C=O) groups is 1. The van der Waals surface area contributed by atoms with Gasteiger partial charge in [-0.15, -0.1) is 0 Å². The van der Waals surface area contributed by atoms with Crippen molar-refractivity contribution in [3.8, 4) is 6.07 Å². The van der Waals surface area contributed by atoms with Crippen LogP contribution >= 0.6 is 0 Å². The Balaban J connectivity index is 2.75. The molecule has 0 fully saturated rings. The highest BCUT2D eigenvalue weighted by Gasteiger charge is 2.06. The number of aromatic nitrogens is 1. The van der Waals surface area contributed by atoms with Gasteiger partial charge in [-0.05, 0) is 11.6 Å². The first-order chi connectivity index (χ1) is 6.86. The second-order valence-electron chi connectivity index (χ2n) is 3.04. The molecule has 3 heteroatoms. The number of benzene rings is 1. The monoisotopic (exact) mass is 184 g/mol. The van der Waals surface area contributed by atoms with E-state index in [-0.39, 0.29) is 0 Å². The molecule has 0 amide bonds. The number of nitrogens with one attached hydrogen (secondary N) is 1. The highest BCUT2D eigenvalue weighted by molar-refractivity contribution is 5.99. The smallest absolute Gasteiger partial charge is 0.150 e. The molecule has 0 saturated heterocycles. The number of aromatic amines is 1. The summed E-state index contributed by atoms with van der Waals surface area (Å²) in [5.41, 5.74) is 2.42. The van der Waals surface area contributed by atoms with E-state index in [1.54, 1.807) is 12.3 Å². The number of fused-ring (bicyclic) bond motifs is 1. The van der Waals surface area contributed by atoms with Crippen molar-refractivity contribution in [3.05, 3.63) is 35.5 Å². The van der Waals surface area contributed by atoms with Crippen molar-refractivity contribution >= 4 is 17.2 Å². The lowest BCUT2D eigenvalue weighted by Gasteiger charge is -1.96. The number of hydrogen-bond donors (Lipinski definition) is 1. The van der Waals surface area contributed by atoms with Crippen LogP contribution in [0.15, 0.2) is 24.4 Å². The van der Waals surface area contributed by atoms with Gasteiger partial charge in [0.25, 0.3) is 0 Å². The Bertz CT molecular complexity index is 520. The molecule has 1 aromatic carbocycles. The summed E-state index contributed by atoms with van der Waals surface area (Å²) in [7, 11) is 0. The van der Waals surface area contributed by atoms with Gasteiger partial charge >= 0.3 is 0 Å². The molecule has 0 radical (unpaired) electrons. The number of nitriles is 1. The fraction of sp³-hybridized carbons (Fsp3) is 0.0909. The summed E-state index contributed by atoms with van der Waals surface area (Å²) >= 11 is 0. The van der Waals surface area contributed by atoms with Crippen LogP contribution in [0, 0.1) is 11.3 Å². The molecule has 2 rings (SSSR count). The quantitative estimate of drug-likeness (QED) is 0.726. The Hall–Kier alpha value is -2.08. The standard InChI is InChI=1S/C11H8N2O/c12-5-4-8-6-13-10-3-1-2-9(7-14)11(8)10/h1-3,6-7,13H,4H2. The molecule has 0 aliphatic carbocycles. The Labute approximate surface area is 81.0 Å². The maximum atomic E-state index is 10.8. The predicted octanol–water partition coefficient (Wildman–Crippen LogP) is 2.05. The van der Waals surface area contributed by atoms with Gasteiger partial charge in [-0.2, -0.15) is 5.26 Å². The van der Waals surface area contributed by atoms with E-state index in [1.165, 1.54) is 0 Å². The third kappa shape index (κ3) is 1.17. The Morgan fingerprint density at radius 3 is 3.07 bits per heavy atom. The summed E-state index contributed by atoms with van der Waals surface area (Å²) in [5.74, 6) is 0. The first-order valence-corrected chi connectivity index (χ1v) is 4.28. The van der Waals surface area contributed by atoms with E-state index in [1.807, 2.05) is 12.1 Å². The predicted molar refractivity (Wildman–Crippen MR) is 53.0 cm³/mol. The van der Waals surface area contributed by atoms with Crippen molar-refractivity contribution in [1.29, 1.82) is 5.26 Å². The molecule has 0 atom stereocenters. The van der Waals surface area contributed by atoms with Crippen molar-refractivity contribution in [2.45, 2.75) is 6.42 Å². The zero-order chi connectivity index (χ0) is 9.97. The van der Waals surface area contributed by atoms with E-state index >= 15 is 0 Å². The molecule has 1 aromatic heterocycles. The highest BCUT2D eigenvalue weighted by Crippen LogP contribution is 2.21. The minimum absolute atomic E-state index is 0.324. The normalized spacial score (nSPS) is 9.93. The van der Waals surface area contributed by atoms with E-state index in [4.69, 9.17) is 5.26 Å². The Kier molecular flexibility index (Phi) is 2.04. The lowest BCUT2D eigenvalue weighted by atomic mass is 10.1. The molecule has 0 bridgehead atoms. The van der Waals surface area contributed by atoms with Crippen LogP contribution in [0.1, 0.15) is 15.9 Å². The van der Waals surface area contributed by atoms with Gasteiger partial charge < -0.3 is 4.98 Å². The third-order valence-corrected chi connectivity index (χ3v) is 2.22. The number of aldehydes is 1. The van der Waals surface area contributed by atoms with Crippen LogP contribution in [0.5, 0.6) is 0 Å². The van der Waals surface area contributed by atoms with E-state index in [0.29, 0.717) is 12.0 Å². The van der Waals surface area contributed by atoms with Crippen LogP contribution in [0.2, 0.25) is 0 Å². The van der Waals surface area contributed by atoms with Gasteiger partial charge in [0.15, 0.2) is 6.29 Å². The first-order valence-electron chi connectivity index (χ1n) is 4.28. The molecule has 1 N–H and O–H groups in total. The second-order valence-corrected chi connectivity index (χ2v) is 3.04. The van der Waals surface area contributed by atoms with Crippen LogP contribution in [-0.2, 0) is 6.42 Å². The zero-order valence-corrected chi connectivity index (χ0v) is 7.45. The van der Waals surface area contributed by atoms with E-state index in [9.17, 15) is 4.79 Å². The maximum absolute atomic E-state index is 10.8. The fourth-order valence-electron chi connectivity index (χ4n) is 1.61. The molecule has 2 aromatic rings. The Morgan fingerprint density at radius 2 is 2.36 bits per heavy atom. The highest BCUT2D eigenvalue weighted by atomic mass is 16.1. The van der Waals surface area contributed by atoms with E-state index in [0.717, 1.165) is 22.8 Å². The van der Waals surface area contributed by atoms with Crippen LogP contribution < -0.4 is 0 Å². The second kappa shape index (κ2) is 3.35. The van der Waals surface area contributed by atoms with Gasteiger partial charge in [0, 0.05) is 22.7 Å². The van der Waals surface area contributed by atoms with Crippen LogP contribution in [-0.4, -0.2) is 11.3 Å². The SMILES string of the molecule is N#CCc1c[nH]c2cccc(C=O)c12. The molecule has 68 valence electrons. The summed E-state index contributed by atoms with van der Waals surface area (Å²) in [6.45, 7) is 0. The molecule has 3 nitrogen and oxygen atoms in total. The van der Waals surface area contributed by atoms with Gasteiger partial charge in [0.05, 0.1) is 12.5 Å².